The number of rotatable bonds is 22. The molecule has 8 rings (SSSR count). The van der Waals surface area contributed by atoms with Crippen molar-refractivity contribution in [2.45, 2.75) is 42.2 Å². The molecule has 41 heteroatoms. The van der Waals surface area contributed by atoms with Gasteiger partial charge in [-0.3, -0.25) is 18.2 Å². The van der Waals surface area contributed by atoms with Crippen LogP contribution < -0.4 is 10.5 Å². The summed E-state index contributed by atoms with van der Waals surface area (Å²) in [7, 11) is -20.0. The topological polar surface area (TPSA) is 528 Å². The summed E-state index contributed by atoms with van der Waals surface area (Å²) in [6.45, 7) is 0. The zero-order chi connectivity index (χ0) is 61.1. The summed E-state index contributed by atoms with van der Waals surface area (Å²) in [5.41, 5.74) is 1.44. The van der Waals surface area contributed by atoms with Gasteiger partial charge in [0.05, 0.1) is 80.4 Å². The Morgan fingerprint density at radius 1 is 0.512 bits per heavy atom. The van der Waals surface area contributed by atoms with Gasteiger partial charge in [0, 0.05) is 16.2 Å². The molecule has 0 atom stereocenters. The Morgan fingerprint density at radius 3 is 1.68 bits per heavy atom. The molecule has 0 spiro atoms. The van der Waals surface area contributed by atoms with Gasteiger partial charge in [-0.15, -0.1) is 43.7 Å². The van der Waals surface area contributed by atoms with Crippen LogP contribution in [0, 0.1) is 0 Å². The second-order valence-electron chi connectivity index (χ2n) is 16.3. The van der Waals surface area contributed by atoms with Crippen LogP contribution >= 0.6 is 36.1 Å². The number of benzene rings is 7. The van der Waals surface area contributed by atoms with Crippen LogP contribution in [0.1, 0.15) is 12.8 Å². The van der Waals surface area contributed by atoms with Gasteiger partial charge in [0.15, 0.2) is 17.2 Å². The van der Waals surface area contributed by atoms with Crippen LogP contribution in [0.2, 0.25) is 0 Å². The Morgan fingerprint density at radius 2 is 1.06 bits per heavy atom. The van der Waals surface area contributed by atoms with E-state index in [1.807, 2.05) is 0 Å². The molecule has 1 aliphatic carbocycles. The average Bonchev–Trinajstić information content (AvgIpc) is 2.64. The summed E-state index contributed by atoms with van der Waals surface area (Å²) in [6.07, 6.45) is 2.99. The van der Waals surface area contributed by atoms with Gasteiger partial charge in [0.25, 0.3) is 40.5 Å². The van der Waals surface area contributed by atoms with Crippen LogP contribution in [0.25, 0.3) is 32.3 Å². The number of nitrogens with zero attached hydrogens (tertiary/aromatic N) is 8. The fourth-order valence-electron chi connectivity index (χ4n) is 7.87. The lowest BCUT2D eigenvalue weighted by atomic mass is 10.0. The molecule has 12 N–H and O–H groups in total. The lowest BCUT2D eigenvalue weighted by Crippen LogP contribution is -2.05. The Kier molecular flexibility index (Phi) is 18.9. The van der Waals surface area contributed by atoms with Crippen molar-refractivity contribution >= 4 is 154 Å². The monoisotopic (exact) mass is 1300 g/mol. The van der Waals surface area contributed by atoms with Crippen molar-refractivity contribution in [2.75, 3.05) is 12.8 Å². The van der Waals surface area contributed by atoms with Crippen molar-refractivity contribution in [2.24, 2.45) is 40.9 Å². The molecule has 0 aliphatic heterocycles. The normalized spacial score (nSPS) is 13.9. The maximum absolute atomic E-state index is 13.2. The minimum atomic E-state index is -5.63. The summed E-state index contributed by atoms with van der Waals surface area (Å²) in [5.74, 6) is -2.45. The van der Waals surface area contributed by atoms with Crippen LogP contribution in [0.5, 0.6) is 23.0 Å². The maximum Gasteiger partial charge on any atom is 0.297 e. The van der Waals surface area contributed by atoms with E-state index in [1.165, 1.54) is 55.7 Å². The molecule has 7 aromatic rings. The van der Waals surface area contributed by atoms with Gasteiger partial charge < -0.3 is 25.8 Å². The lowest BCUT2D eigenvalue weighted by Gasteiger charge is -2.14. The van der Waals surface area contributed by atoms with Gasteiger partial charge in [-0.2, -0.15) is 43.9 Å². The number of methoxy groups -OCH3 is 1. The highest BCUT2D eigenvalue weighted by Gasteiger charge is 2.30. The molecule has 0 amide bonds. The van der Waals surface area contributed by atoms with E-state index in [0.717, 1.165) is 24.3 Å². The molecule has 0 unspecified atom stereocenters. The predicted molar refractivity (Wildman–Crippen MR) is 290 cm³/mol. The van der Waals surface area contributed by atoms with Crippen molar-refractivity contribution in [3.8, 4) is 23.0 Å². The van der Waals surface area contributed by atoms with Gasteiger partial charge in [0.2, 0.25) is 0 Å². The van der Waals surface area contributed by atoms with E-state index in [9.17, 15) is 67.2 Å². The predicted octanol–water partition coefficient (Wildman–Crippen LogP) is 11.7. The number of phenolic OH excluding ortho intramolecular Hbond substituents is 3. The first-order valence-electron chi connectivity index (χ1n) is 22.0. The summed E-state index contributed by atoms with van der Waals surface area (Å²) in [6, 6.07) is 13.0. The number of hydrogen-bond acceptors (Lipinski definition) is 33. The van der Waals surface area contributed by atoms with E-state index < -0.39 is 122 Å². The number of ether oxygens (including phenoxy) is 1. The molecule has 0 saturated heterocycles. The van der Waals surface area contributed by atoms with Crippen molar-refractivity contribution in [1.82, 2.24) is 0 Å². The first kappa shape index (κ1) is 62.6. The Hall–Kier alpha value is -7.47. The molecule has 84 heavy (non-hydrogen) atoms. The van der Waals surface area contributed by atoms with E-state index in [4.69, 9.17) is 26.2 Å². The minimum Gasteiger partial charge on any atom is -0.505 e. The van der Waals surface area contributed by atoms with E-state index >= 15 is 0 Å². The Bertz CT molecular complexity index is 4510. The molecule has 34 nitrogen and oxygen atoms in total. The number of azo groups is 4. The van der Waals surface area contributed by atoms with Crippen molar-refractivity contribution in [1.29, 1.82) is 0 Å². The van der Waals surface area contributed by atoms with Crippen LogP contribution in [0.3, 0.4) is 0 Å². The zero-order valence-electron chi connectivity index (χ0n) is 41.1. The zero-order valence-corrected chi connectivity index (χ0v) is 46.8. The number of aromatic hydroxyl groups is 3. The SMILES string of the molecule is COc1ccc(N=Nc2c(S(=O)(=O)O)cc3c(S(=O)(=O)O)c(N=Nc4c(S(=O)(=O)O)cc5cc(SOOO)c(N=Nc6ccc7c(O)c(N=NC8=C(S(=O)(=O)O)C=CCC8)c(SOOO)cc7c6)c(O)c5c4N)ccc3c2O)c(SOOO)c1. The standard InChI is InChI=1S/C43H33N9O25S7/c1-71-21-7-10-25(28(16-21)78-75-72-56)46-52-39-33(83(65,66)67)17-24-23(41(39)54)9-11-27(43(24)84(68,69)70)48-51-38-32(82(62,63)64)15-19-14-30(80-77-74-58)37(42(55)34(19)35(38)44)49-45-20-6-8-22-18(12-20)13-29(79-76-73-57)36(40(22)53)50-47-26-4-2-3-5-31(26)81(59,60)61/h3,5-17,53-58H,2,4,44H2,1H3,(H,59,60,61)(H,62,63,64)(H,65,66,67)(H,68,69,70). The number of nitrogens with two attached hydrogens (primary N) is 1. The third kappa shape index (κ3) is 13.5. The average molecular weight is 1300 g/mol. The summed E-state index contributed by atoms with van der Waals surface area (Å²) < 4.78 is 161. The van der Waals surface area contributed by atoms with Gasteiger partial charge in [-0.1, -0.05) is 21.2 Å². The maximum atomic E-state index is 13.2. The Labute approximate surface area is 482 Å². The van der Waals surface area contributed by atoms with Crippen LogP contribution in [0.15, 0.2) is 166 Å². The molecule has 0 radical (unpaired) electrons. The number of anilines is 1. The second-order valence-corrected chi connectivity index (χ2v) is 24.1. The highest BCUT2D eigenvalue weighted by molar-refractivity contribution is 7.95. The highest BCUT2D eigenvalue weighted by Crippen LogP contribution is 2.52. The van der Waals surface area contributed by atoms with Crippen LogP contribution in [-0.4, -0.2) is 90.1 Å². The lowest BCUT2D eigenvalue weighted by molar-refractivity contribution is -0.432. The van der Waals surface area contributed by atoms with E-state index in [0.29, 0.717) is 42.6 Å². The van der Waals surface area contributed by atoms with Crippen molar-refractivity contribution < 1.29 is 116 Å². The van der Waals surface area contributed by atoms with Gasteiger partial charge in [-0.05, 0) is 102 Å². The number of nitrogen functional groups attached to an aromatic ring is 1. The van der Waals surface area contributed by atoms with Gasteiger partial charge in [0.1, 0.15) is 59.5 Å². The molecule has 1 aliphatic rings. The molecule has 0 fully saturated rings. The molecular weight excluding hydrogens is 1270 g/mol. The number of allylic oxidation sites excluding steroid dienone is 3. The van der Waals surface area contributed by atoms with Gasteiger partial charge in [-0.25, -0.2) is 15.8 Å². The largest absolute Gasteiger partial charge is 0.505 e. The van der Waals surface area contributed by atoms with E-state index in [-0.39, 0.29) is 77.8 Å². The fraction of sp³-hybridized carbons (Fsp3) is 0.0698. The molecule has 0 aromatic heterocycles. The molecule has 7 aromatic carbocycles. The number of fused-ring (bicyclic) bond motifs is 3. The Balaban J connectivity index is 1.24. The second kappa shape index (κ2) is 25.4. The molecular formula is C43H33N9O25S7. The van der Waals surface area contributed by atoms with Crippen LogP contribution in [-0.2, 0) is 68.6 Å². The molecule has 0 saturated carbocycles. The number of hydrogen-bond donors (Lipinski definition) is 11. The van der Waals surface area contributed by atoms with E-state index in [1.54, 1.807) is 0 Å². The molecule has 0 heterocycles. The fourth-order valence-corrected chi connectivity index (χ4v) is 12.2. The third-order valence-electron chi connectivity index (χ3n) is 11.4. The van der Waals surface area contributed by atoms with Crippen molar-refractivity contribution in [3.05, 3.63) is 95.6 Å². The first-order valence-corrected chi connectivity index (χ1v) is 30.0. The third-order valence-corrected chi connectivity index (χ3v) is 16.9. The van der Waals surface area contributed by atoms with Gasteiger partial charge >= 0.3 is 0 Å². The molecule has 0 bridgehead atoms. The number of phenols is 3. The van der Waals surface area contributed by atoms with Crippen LogP contribution in [0.4, 0.5) is 45.5 Å². The highest BCUT2D eigenvalue weighted by atomic mass is 32.2. The molecule has 442 valence electrons. The first-order chi connectivity index (χ1) is 39.7. The smallest absolute Gasteiger partial charge is 0.297 e. The summed E-state index contributed by atoms with van der Waals surface area (Å²) in [5, 5.41) is 101. The summed E-state index contributed by atoms with van der Waals surface area (Å²) in [4.78, 5) is -4.69. The van der Waals surface area contributed by atoms with Crippen molar-refractivity contribution in [3.63, 3.8) is 0 Å². The van der Waals surface area contributed by atoms with E-state index in [2.05, 4.69) is 69.0 Å². The minimum absolute atomic E-state index is 0.0235. The quantitative estimate of drug-likeness (QED) is 0.00750. The summed E-state index contributed by atoms with van der Waals surface area (Å²) >= 11 is 0.861.